The normalized spacial score (nSPS) is 15.7. The summed E-state index contributed by atoms with van der Waals surface area (Å²) in [5, 5.41) is 1.67. The lowest BCUT2D eigenvalue weighted by Crippen LogP contribution is -2.42. The van der Waals surface area contributed by atoms with E-state index in [0.29, 0.717) is 17.7 Å². The number of nitrogens with zero attached hydrogens (tertiary/aromatic N) is 1. The van der Waals surface area contributed by atoms with Crippen molar-refractivity contribution in [2.24, 2.45) is 17.6 Å². The Labute approximate surface area is 142 Å². The van der Waals surface area contributed by atoms with E-state index in [2.05, 4.69) is 13.8 Å². The van der Waals surface area contributed by atoms with Crippen molar-refractivity contribution in [1.29, 1.82) is 0 Å². The minimum Gasteiger partial charge on any atom is -0.324 e. The van der Waals surface area contributed by atoms with Crippen LogP contribution in [0.4, 0.5) is 0 Å². The lowest BCUT2D eigenvalue weighted by Gasteiger charge is -2.29. The molecule has 3 rings (SSSR count). The zero-order valence-electron chi connectivity index (χ0n) is 14.7. The van der Waals surface area contributed by atoms with Crippen LogP contribution in [0.5, 0.6) is 0 Å². The summed E-state index contributed by atoms with van der Waals surface area (Å²) in [7, 11) is 0. The van der Waals surface area contributed by atoms with E-state index in [9.17, 15) is 9.59 Å². The van der Waals surface area contributed by atoms with Gasteiger partial charge in [0.15, 0.2) is 0 Å². The molecule has 0 spiro atoms. The summed E-state index contributed by atoms with van der Waals surface area (Å²) in [6, 6.07) is 9.27. The first-order valence-electron chi connectivity index (χ1n) is 8.50. The molecule has 0 fully saturated rings. The van der Waals surface area contributed by atoms with Gasteiger partial charge in [-0.25, -0.2) is 0 Å². The first-order valence-corrected chi connectivity index (χ1v) is 8.50. The molecule has 0 saturated heterocycles. The van der Waals surface area contributed by atoms with Crippen LogP contribution in [0.3, 0.4) is 0 Å². The Morgan fingerprint density at radius 3 is 2.17 bits per heavy atom. The maximum absolute atomic E-state index is 12.8. The molecule has 1 aliphatic heterocycles. The molecule has 0 radical (unpaired) electrons. The molecule has 1 aliphatic rings. The number of nitrogens with two attached hydrogens (primary N) is 1. The van der Waals surface area contributed by atoms with E-state index in [0.717, 1.165) is 16.3 Å². The Morgan fingerprint density at radius 2 is 1.58 bits per heavy atom. The molecule has 0 aliphatic carbocycles. The summed E-state index contributed by atoms with van der Waals surface area (Å²) in [4.78, 5) is 27.0. The predicted molar refractivity (Wildman–Crippen MR) is 95.9 cm³/mol. The van der Waals surface area contributed by atoms with Crippen LogP contribution in [-0.2, 0) is 0 Å². The van der Waals surface area contributed by atoms with Gasteiger partial charge in [-0.3, -0.25) is 14.5 Å². The molecule has 1 unspecified atom stereocenters. The van der Waals surface area contributed by atoms with E-state index >= 15 is 0 Å². The molecule has 1 heterocycles. The number of benzene rings is 2. The van der Waals surface area contributed by atoms with Crippen LogP contribution in [0.2, 0.25) is 0 Å². The van der Waals surface area contributed by atoms with E-state index in [1.165, 1.54) is 4.90 Å². The second-order valence-corrected chi connectivity index (χ2v) is 7.32. The predicted octanol–water partition coefficient (Wildman–Crippen LogP) is 3.75. The summed E-state index contributed by atoms with van der Waals surface area (Å²) in [6.07, 6.45) is 0. The standard InChI is InChI=1S/C20H24N2O2/c1-11(2)10-22-19(23)15-7-5-6-13-14(18(21)12(3)4)8-9-16(17(13)15)20(22)24/h5-9,11-12,18H,10,21H2,1-4H3. The molecule has 0 aromatic heterocycles. The van der Waals surface area contributed by atoms with E-state index < -0.39 is 0 Å². The molecule has 24 heavy (non-hydrogen) atoms. The fourth-order valence-corrected chi connectivity index (χ4v) is 3.35. The SMILES string of the molecule is CC(C)CN1C(=O)c2cccc3c(C(N)C(C)C)ccc(c23)C1=O. The van der Waals surface area contributed by atoms with Gasteiger partial charge in [-0.2, -0.15) is 0 Å². The Bertz CT molecular complexity index is 801. The fraction of sp³-hybridized carbons (Fsp3) is 0.400. The summed E-state index contributed by atoms with van der Waals surface area (Å²) in [5.41, 5.74) is 8.53. The van der Waals surface area contributed by atoms with Gasteiger partial charge in [0, 0.05) is 29.1 Å². The fourth-order valence-electron chi connectivity index (χ4n) is 3.35. The van der Waals surface area contributed by atoms with Crippen molar-refractivity contribution >= 4 is 22.6 Å². The number of carbonyl (C=O) groups is 2. The van der Waals surface area contributed by atoms with Gasteiger partial charge in [0.25, 0.3) is 11.8 Å². The van der Waals surface area contributed by atoms with Crippen molar-refractivity contribution in [2.75, 3.05) is 6.54 Å². The zero-order chi connectivity index (χ0) is 17.6. The average Bonchev–Trinajstić information content (AvgIpc) is 2.55. The third-order valence-corrected chi connectivity index (χ3v) is 4.65. The Balaban J connectivity index is 2.24. The van der Waals surface area contributed by atoms with Crippen molar-refractivity contribution in [3.63, 3.8) is 0 Å². The third kappa shape index (κ3) is 2.51. The second kappa shape index (κ2) is 6.02. The van der Waals surface area contributed by atoms with Crippen molar-refractivity contribution in [3.8, 4) is 0 Å². The van der Waals surface area contributed by atoms with Gasteiger partial charge in [0.2, 0.25) is 0 Å². The molecule has 2 amide bonds. The van der Waals surface area contributed by atoms with Crippen LogP contribution in [0, 0.1) is 11.8 Å². The van der Waals surface area contributed by atoms with Crippen LogP contribution < -0.4 is 5.73 Å². The molecule has 0 saturated carbocycles. The Hall–Kier alpha value is -2.20. The third-order valence-electron chi connectivity index (χ3n) is 4.65. The molecule has 1 atom stereocenters. The largest absolute Gasteiger partial charge is 0.324 e. The smallest absolute Gasteiger partial charge is 0.261 e. The number of amides is 2. The first-order chi connectivity index (χ1) is 11.3. The minimum absolute atomic E-state index is 0.131. The molecule has 4 nitrogen and oxygen atoms in total. The van der Waals surface area contributed by atoms with Crippen molar-refractivity contribution in [3.05, 3.63) is 47.0 Å². The van der Waals surface area contributed by atoms with E-state index in [-0.39, 0.29) is 29.7 Å². The van der Waals surface area contributed by atoms with Gasteiger partial charge in [0.05, 0.1) is 0 Å². The van der Waals surface area contributed by atoms with Gasteiger partial charge in [0.1, 0.15) is 0 Å². The number of imide groups is 1. The number of hydrogen-bond donors (Lipinski definition) is 1. The average molecular weight is 324 g/mol. The van der Waals surface area contributed by atoms with Crippen molar-refractivity contribution in [2.45, 2.75) is 33.7 Å². The topological polar surface area (TPSA) is 63.4 Å². The van der Waals surface area contributed by atoms with Crippen molar-refractivity contribution < 1.29 is 9.59 Å². The minimum atomic E-state index is -0.206. The highest BCUT2D eigenvalue weighted by Crippen LogP contribution is 2.35. The quantitative estimate of drug-likeness (QED) is 0.871. The van der Waals surface area contributed by atoms with Crippen LogP contribution in [-0.4, -0.2) is 23.3 Å². The molecule has 2 aromatic rings. The summed E-state index contributed by atoms with van der Waals surface area (Å²) < 4.78 is 0. The number of rotatable bonds is 4. The first kappa shape index (κ1) is 16.7. The number of carbonyl (C=O) groups excluding carboxylic acids is 2. The molecule has 4 heteroatoms. The van der Waals surface area contributed by atoms with Crippen LogP contribution >= 0.6 is 0 Å². The lowest BCUT2D eigenvalue weighted by molar-refractivity contribution is 0.0592. The molecular weight excluding hydrogens is 300 g/mol. The van der Waals surface area contributed by atoms with Gasteiger partial charge in [-0.15, -0.1) is 0 Å². The Kier molecular flexibility index (Phi) is 4.18. The molecular formula is C20H24N2O2. The highest BCUT2D eigenvalue weighted by atomic mass is 16.2. The molecule has 0 bridgehead atoms. The monoisotopic (exact) mass is 324 g/mol. The Morgan fingerprint density at radius 1 is 0.958 bits per heavy atom. The summed E-state index contributed by atoms with van der Waals surface area (Å²) in [6.45, 7) is 8.57. The van der Waals surface area contributed by atoms with Gasteiger partial charge < -0.3 is 5.73 Å². The summed E-state index contributed by atoms with van der Waals surface area (Å²) >= 11 is 0. The van der Waals surface area contributed by atoms with Gasteiger partial charge in [-0.05, 0) is 34.9 Å². The van der Waals surface area contributed by atoms with E-state index in [4.69, 9.17) is 5.73 Å². The zero-order valence-corrected chi connectivity index (χ0v) is 14.7. The molecule has 2 N–H and O–H groups in total. The van der Waals surface area contributed by atoms with Gasteiger partial charge in [-0.1, -0.05) is 45.9 Å². The van der Waals surface area contributed by atoms with E-state index in [1.807, 2.05) is 38.1 Å². The van der Waals surface area contributed by atoms with Crippen LogP contribution in [0.15, 0.2) is 30.3 Å². The number of hydrogen-bond acceptors (Lipinski definition) is 3. The van der Waals surface area contributed by atoms with Crippen LogP contribution in [0.1, 0.15) is 60.0 Å². The van der Waals surface area contributed by atoms with Crippen LogP contribution in [0.25, 0.3) is 10.8 Å². The van der Waals surface area contributed by atoms with Crippen molar-refractivity contribution in [1.82, 2.24) is 4.90 Å². The summed E-state index contributed by atoms with van der Waals surface area (Å²) in [5.74, 6) is 0.0888. The van der Waals surface area contributed by atoms with Gasteiger partial charge >= 0.3 is 0 Å². The highest BCUT2D eigenvalue weighted by molar-refractivity contribution is 6.25. The maximum atomic E-state index is 12.8. The lowest BCUT2D eigenvalue weighted by atomic mass is 9.86. The molecule has 126 valence electrons. The second-order valence-electron chi connectivity index (χ2n) is 7.32. The van der Waals surface area contributed by atoms with E-state index in [1.54, 1.807) is 6.07 Å². The molecule has 2 aromatic carbocycles. The highest BCUT2D eigenvalue weighted by Gasteiger charge is 2.33. The maximum Gasteiger partial charge on any atom is 0.261 e.